The lowest BCUT2D eigenvalue weighted by molar-refractivity contribution is 0.601. The minimum Gasteiger partial charge on any atom is -0.311 e. The van der Waals surface area contributed by atoms with Crippen molar-refractivity contribution >= 4 is 15.9 Å². The van der Waals surface area contributed by atoms with Gasteiger partial charge in [-0.05, 0) is 48.0 Å². The highest BCUT2D eigenvalue weighted by atomic mass is 79.9. The van der Waals surface area contributed by atoms with Crippen molar-refractivity contribution < 1.29 is 4.39 Å². The first kappa shape index (κ1) is 11.3. The topological polar surface area (TPSA) is 30.7 Å². The van der Waals surface area contributed by atoms with Gasteiger partial charge in [0.2, 0.25) is 0 Å². The second-order valence-electron chi connectivity index (χ2n) is 3.78. The second kappa shape index (κ2) is 4.33. The summed E-state index contributed by atoms with van der Waals surface area (Å²) in [6, 6.07) is 5.18. The smallest absolute Gasteiger partial charge is 0.164 e. The van der Waals surface area contributed by atoms with Crippen molar-refractivity contribution in [2.75, 3.05) is 0 Å². The Bertz CT molecular complexity index is 508. The lowest BCUT2D eigenvalue weighted by Gasteiger charge is -2.10. The van der Waals surface area contributed by atoms with Crippen molar-refractivity contribution in [1.82, 2.24) is 14.8 Å². The van der Waals surface area contributed by atoms with Crippen molar-refractivity contribution in [2.24, 2.45) is 0 Å². The molecule has 1 aromatic heterocycles. The first-order chi connectivity index (χ1) is 7.59. The van der Waals surface area contributed by atoms with Gasteiger partial charge in [0, 0.05) is 11.6 Å². The van der Waals surface area contributed by atoms with Gasteiger partial charge in [0.15, 0.2) is 5.82 Å². The first-order valence-electron chi connectivity index (χ1n) is 4.94. The summed E-state index contributed by atoms with van der Waals surface area (Å²) in [5.74, 6) is 0.386. The number of aromatic nitrogens is 3. The Hall–Kier alpha value is -1.23. The Labute approximate surface area is 101 Å². The third-order valence-electron chi connectivity index (χ3n) is 2.31. The largest absolute Gasteiger partial charge is 0.311 e. The fourth-order valence-electron chi connectivity index (χ4n) is 1.46. The number of hydrogen-bond donors (Lipinski definition) is 0. The Kier molecular flexibility index (Phi) is 3.05. The van der Waals surface area contributed by atoms with Gasteiger partial charge in [0.25, 0.3) is 0 Å². The predicted molar refractivity (Wildman–Crippen MR) is 63.5 cm³/mol. The summed E-state index contributed by atoms with van der Waals surface area (Å²) in [6.45, 7) is 4.06. The van der Waals surface area contributed by atoms with Gasteiger partial charge < -0.3 is 4.57 Å². The predicted octanol–water partition coefficient (Wildman–Crippen LogP) is 3.43. The molecule has 0 aliphatic carbocycles. The van der Waals surface area contributed by atoms with Crippen molar-refractivity contribution in [1.29, 1.82) is 0 Å². The second-order valence-corrected chi connectivity index (χ2v) is 4.64. The molecule has 0 radical (unpaired) electrons. The molecule has 1 heterocycles. The van der Waals surface area contributed by atoms with Gasteiger partial charge in [-0.25, -0.2) is 4.39 Å². The molecule has 1 aromatic carbocycles. The SMILES string of the molecule is CC(C)n1cnnc1-c1ccc(Br)c(F)c1. The van der Waals surface area contributed by atoms with E-state index in [1.807, 2.05) is 24.5 Å². The molecule has 3 nitrogen and oxygen atoms in total. The van der Waals surface area contributed by atoms with Gasteiger partial charge >= 0.3 is 0 Å². The summed E-state index contributed by atoms with van der Waals surface area (Å²) in [5.41, 5.74) is 0.729. The van der Waals surface area contributed by atoms with E-state index in [0.29, 0.717) is 10.3 Å². The van der Waals surface area contributed by atoms with Crippen LogP contribution in [0.2, 0.25) is 0 Å². The van der Waals surface area contributed by atoms with Crippen LogP contribution in [0.15, 0.2) is 29.0 Å². The van der Waals surface area contributed by atoms with Crippen LogP contribution < -0.4 is 0 Å². The molecule has 16 heavy (non-hydrogen) atoms. The Morgan fingerprint density at radius 2 is 2.12 bits per heavy atom. The van der Waals surface area contributed by atoms with Crippen LogP contribution >= 0.6 is 15.9 Å². The molecule has 0 N–H and O–H groups in total. The molecule has 0 spiro atoms. The molecular formula is C11H11BrFN3. The molecule has 0 saturated carbocycles. The molecule has 0 saturated heterocycles. The summed E-state index contributed by atoms with van der Waals surface area (Å²) in [6.07, 6.45) is 1.65. The van der Waals surface area contributed by atoms with Crippen LogP contribution in [-0.4, -0.2) is 14.8 Å². The molecule has 5 heteroatoms. The van der Waals surface area contributed by atoms with Crippen LogP contribution in [0.1, 0.15) is 19.9 Å². The van der Waals surface area contributed by atoms with Gasteiger partial charge in [-0.3, -0.25) is 0 Å². The van der Waals surface area contributed by atoms with Crippen LogP contribution in [-0.2, 0) is 0 Å². The number of hydrogen-bond acceptors (Lipinski definition) is 2. The zero-order valence-corrected chi connectivity index (χ0v) is 10.6. The monoisotopic (exact) mass is 283 g/mol. The highest BCUT2D eigenvalue weighted by Crippen LogP contribution is 2.24. The van der Waals surface area contributed by atoms with E-state index in [4.69, 9.17) is 0 Å². The molecule has 0 atom stereocenters. The molecule has 2 rings (SSSR count). The van der Waals surface area contributed by atoms with Crippen LogP contribution in [0.5, 0.6) is 0 Å². The maximum atomic E-state index is 13.4. The third kappa shape index (κ3) is 2.00. The highest BCUT2D eigenvalue weighted by molar-refractivity contribution is 9.10. The normalized spacial score (nSPS) is 11.1. The molecule has 2 aromatic rings. The Morgan fingerprint density at radius 1 is 1.38 bits per heavy atom. The van der Waals surface area contributed by atoms with Gasteiger partial charge in [-0.1, -0.05) is 0 Å². The van der Waals surface area contributed by atoms with E-state index in [2.05, 4.69) is 26.1 Å². The van der Waals surface area contributed by atoms with Crippen LogP contribution in [0, 0.1) is 5.82 Å². The number of nitrogens with zero attached hydrogens (tertiary/aromatic N) is 3. The Balaban J connectivity index is 2.50. The molecule has 0 unspecified atom stereocenters. The van der Waals surface area contributed by atoms with E-state index >= 15 is 0 Å². The molecular weight excluding hydrogens is 273 g/mol. The van der Waals surface area contributed by atoms with E-state index in [9.17, 15) is 4.39 Å². The summed E-state index contributed by atoms with van der Waals surface area (Å²) >= 11 is 3.12. The van der Waals surface area contributed by atoms with E-state index < -0.39 is 0 Å². The van der Waals surface area contributed by atoms with Crippen molar-refractivity contribution in [2.45, 2.75) is 19.9 Å². The maximum absolute atomic E-state index is 13.4. The lowest BCUT2D eigenvalue weighted by atomic mass is 10.2. The average molecular weight is 284 g/mol. The minimum absolute atomic E-state index is 0.247. The number of halogens is 2. The van der Waals surface area contributed by atoms with Crippen molar-refractivity contribution in [3.63, 3.8) is 0 Å². The van der Waals surface area contributed by atoms with Gasteiger partial charge in [0.1, 0.15) is 12.1 Å². The number of benzene rings is 1. The Morgan fingerprint density at radius 3 is 2.75 bits per heavy atom. The molecule has 0 amide bonds. The molecule has 0 aliphatic heterocycles. The van der Waals surface area contributed by atoms with Gasteiger partial charge in [-0.2, -0.15) is 0 Å². The molecule has 0 bridgehead atoms. The summed E-state index contributed by atoms with van der Waals surface area (Å²) < 4.78 is 15.8. The quantitative estimate of drug-likeness (QED) is 0.846. The molecule has 0 fully saturated rings. The van der Waals surface area contributed by atoms with Gasteiger partial charge in [0.05, 0.1) is 4.47 Å². The van der Waals surface area contributed by atoms with E-state index in [0.717, 1.165) is 5.56 Å². The lowest BCUT2D eigenvalue weighted by Crippen LogP contribution is -2.01. The zero-order valence-electron chi connectivity index (χ0n) is 8.98. The summed E-state index contributed by atoms with van der Waals surface area (Å²) in [4.78, 5) is 0. The number of rotatable bonds is 2. The summed E-state index contributed by atoms with van der Waals surface area (Å²) in [5, 5.41) is 7.86. The third-order valence-corrected chi connectivity index (χ3v) is 2.95. The van der Waals surface area contributed by atoms with E-state index in [1.54, 1.807) is 12.4 Å². The molecule has 84 valence electrons. The zero-order chi connectivity index (χ0) is 11.7. The van der Waals surface area contributed by atoms with Gasteiger partial charge in [-0.15, -0.1) is 10.2 Å². The van der Waals surface area contributed by atoms with Crippen LogP contribution in [0.4, 0.5) is 4.39 Å². The first-order valence-corrected chi connectivity index (χ1v) is 5.74. The van der Waals surface area contributed by atoms with E-state index in [1.165, 1.54) is 6.07 Å². The highest BCUT2D eigenvalue weighted by Gasteiger charge is 2.11. The fraction of sp³-hybridized carbons (Fsp3) is 0.273. The minimum atomic E-state index is -0.296. The van der Waals surface area contributed by atoms with Crippen molar-refractivity contribution in [3.05, 3.63) is 34.8 Å². The van der Waals surface area contributed by atoms with E-state index in [-0.39, 0.29) is 11.9 Å². The fourth-order valence-corrected chi connectivity index (χ4v) is 1.71. The average Bonchev–Trinajstić information content (AvgIpc) is 2.71. The van der Waals surface area contributed by atoms with Crippen molar-refractivity contribution in [3.8, 4) is 11.4 Å². The van der Waals surface area contributed by atoms with Crippen LogP contribution in [0.25, 0.3) is 11.4 Å². The van der Waals surface area contributed by atoms with Crippen LogP contribution in [0.3, 0.4) is 0 Å². The summed E-state index contributed by atoms with van der Waals surface area (Å²) in [7, 11) is 0. The standard InChI is InChI=1S/C11H11BrFN3/c1-7(2)16-6-14-15-11(16)8-3-4-9(12)10(13)5-8/h3-7H,1-2H3. The molecule has 0 aliphatic rings. The maximum Gasteiger partial charge on any atom is 0.164 e.